The summed E-state index contributed by atoms with van der Waals surface area (Å²) in [4.78, 5) is 0. The van der Waals surface area contributed by atoms with Gasteiger partial charge in [-0.25, -0.2) is 0 Å². The molecule has 23 heavy (non-hydrogen) atoms. The Morgan fingerprint density at radius 3 is 1.87 bits per heavy atom. The van der Waals surface area contributed by atoms with Gasteiger partial charge in [-0.3, -0.25) is 5.41 Å². The van der Waals surface area contributed by atoms with Crippen LogP contribution >= 0.6 is 0 Å². The molecule has 3 heteroatoms. The third-order valence-electron chi connectivity index (χ3n) is 5.08. The lowest BCUT2D eigenvalue weighted by Gasteiger charge is -2.35. The minimum absolute atomic E-state index is 0.194. The molecule has 0 amide bonds. The Hall–Kier alpha value is -2.13. The van der Waals surface area contributed by atoms with Crippen LogP contribution in [-0.2, 0) is 18.3 Å². The number of benzene rings is 2. The lowest BCUT2D eigenvalue weighted by molar-refractivity contribution is 0.613. The first-order valence-electron chi connectivity index (χ1n) is 8.23. The molecule has 0 bridgehead atoms. The summed E-state index contributed by atoms with van der Waals surface area (Å²) in [5, 5.41) is 8.43. The van der Waals surface area contributed by atoms with Gasteiger partial charge in [0.2, 0.25) is 0 Å². The average molecular weight is 307 g/mol. The smallest absolute Gasteiger partial charge is 0.106 e. The highest BCUT2D eigenvalue weighted by Gasteiger charge is 2.41. The van der Waals surface area contributed by atoms with Gasteiger partial charge < -0.3 is 11.5 Å². The average Bonchev–Trinajstić information content (AvgIpc) is 2.63. The van der Waals surface area contributed by atoms with E-state index in [2.05, 4.69) is 50.2 Å². The Morgan fingerprint density at radius 1 is 1.00 bits per heavy atom. The van der Waals surface area contributed by atoms with Crippen molar-refractivity contribution in [3.8, 4) is 0 Å². The van der Waals surface area contributed by atoms with E-state index in [4.69, 9.17) is 16.9 Å². The van der Waals surface area contributed by atoms with E-state index in [1.807, 2.05) is 0 Å². The molecule has 120 valence electrons. The molecule has 0 aromatic heterocycles. The number of hydrogen-bond donors (Lipinski definition) is 3. The zero-order valence-corrected chi connectivity index (χ0v) is 13.9. The number of hydrogen-bond acceptors (Lipinski definition) is 2. The highest BCUT2D eigenvalue weighted by atomic mass is 14.8. The number of aryl methyl sites for hydroxylation is 4. The van der Waals surface area contributed by atoms with Crippen LogP contribution in [-0.4, -0.2) is 12.4 Å². The largest absolute Gasteiger partial charge is 0.387 e. The highest BCUT2D eigenvalue weighted by molar-refractivity contribution is 5.94. The van der Waals surface area contributed by atoms with Crippen molar-refractivity contribution >= 4 is 5.84 Å². The maximum absolute atomic E-state index is 8.43. The molecular weight excluding hydrogens is 282 g/mol. The van der Waals surface area contributed by atoms with E-state index in [0.717, 1.165) is 24.0 Å². The van der Waals surface area contributed by atoms with Crippen molar-refractivity contribution in [1.29, 1.82) is 5.41 Å². The van der Waals surface area contributed by atoms with Gasteiger partial charge >= 0.3 is 0 Å². The topological polar surface area (TPSA) is 75.9 Å². The van der Waals surface area contributed by atoms with Gasteiger partial charge in [0.25, 0.3) is 0 Å². The standard InChI is InChI=1S/C20H25N3/c1-13-3-7-17-15(11-13)5-6-16-12-14(2)4-8-18(16)20(17,9-10-21)19(22)23/h3-4,7-8,11-12H,5-6,9-10,21H2,1-2H3,(H3,22,23). The van der Waals surface area contributed by atoms with Gasteiger partial charge in [0.1, 0.15) is 5.84 Å². The van der Waals surface area contributed by atoms with Crippen molar-refractivity contribution in [3.63, 3.8) is 0 Å². The van der Waals surface area contributed by atoms with Crippen LogP contribution in [0.25, 0.3) is 0 Å². The predicted octanol–water partition coefficient (Wildman–Crippen LogP) is 2.97. The van der Waals surface area contributed by atoms with Crippen LogP contribution in [0.15, 0.2) is 36.4 Å². The van der Waals surface area contributed by atoms with Crippen molar-refractivity contribution in [2.24, 2.45) is 11.5 Å². The Kier molecular flexibility index (Phi) is 3.99. The van der Waals surface area contributed by atoms with Crippen molar-refractivity contribution in [2.45, 2.75) is 38.5 Å². The van der Waals surface area contributed by atoms with Crippen LogP contribution in [0.3, 0.4) is 0 Å². The lowest BCUT2D eigenvalue weighted by Crippen LogP contribution is -2.44. The SMILES string of the molecule is Cc1ccc2c(c1)CCc1cc(C)ccc1C2(CCN)C(=N)N. The predicted molar refractivity (Wildman–Crippen MR) is 96.1 cm³/mol. The molecule has 5 N–H and O–H groups in total. The Morgan fingerprint density at radius 2 is 1.48 bits per heavy atom. The van der Waals surface area contributed by atoms with E-state index < -0.39 is 5.41 Å². The summed E-state index contributed by atoms with van der Waals surface area (Å²) in [6.45, 7) is 4.72. The normalized spacial score (nSPS) is 15.4. The molecule has 3 rings (SSSR count). The highest BCUT2D eigenvalue weighted by Crippen LogP contribution is 2.42. The minimum Gasteiger partial charge on any atom is -0.387 e. The second-order valence-electron chi connectivity index (χ2n) is 6.68. The third-order valence-corrected chi connectivity index (χ3v) is 5.08. The van der Waals surface area contributed by atoms with Crippen molar-refractivity contribution in [2.75, 3.05) is 6.54 Å². The molecule has 0 saturated heterocycles. The fourth-order valence-electron chi connectivity index (χ4n) is 4.02. The second-order valence-corrected chi connectivity index (χ2v) is 6.68. The van der Waals surface area contributed by atoms with Gasteiger partial charge in [-0.15, -0.1) is 0 Å². The van der Waals surface area contributed by atoms with Gasteiger partial charge in [-0.05, 0) is 61.9 Å². The summed E-state index contributed by atoms with van der Waals surface area (Å²) < 4.78 is 0. The van der Waals surface area contributed by atoms with Crippen LogP contribution in [0.4, 0.5) is 0 Å². The van der Waals surface area contributed by atoms with Gasteiger partial charge in [0.05, 0.1) is 5.41 Å². The Bertz CT molecular complexity index is 708. The number of rotatable bonds is 3. The molecule has 0 unspecified atom stereocenters. The van der Waals surface area contributed by atoms with E-state index in [-0.39, 0.29) is 5.84 Å². The molecule has 2 aromatic carbocycles. The van der Waals surface area contributed by atoms with Gasteiger partial charge in [0.15, 0.2) is 0 Å². The van der Waals surface area contributed by atoms with Crippen molar-refractivity contribution in [3.05, 3.63) is 69.8 Å². The van der Waals surface area contributed by atoms with E-state index in [0.29, 0.717) is 13.0 Å². The minimum atomic E-state index is -0.600. The molecule has 0 fully saturated rings. The molecule has 0 aliphatic heterocycles. The maximum Gasteiger partial charge on any atom is 0.106 e. The number of amidine groups is 1. The summed E-state index contributed by atoms with van der Waals surface area (Å²) >= 11 is 0. The molecule has 0 saturated carbocycles. The quantitative estimate of drug-likeness (QED) is 0.602. The van der Waals surface area contributed by atoms with Crippen LogP contribution in [0.5, 0.6) is 0 Å². The van der Waals surface area contributed by atoms with Crippen LogP contribution < -0.4 is 11.5 Å². The van der Waals surface area contributed by atoms with Crippen molar-refractivity contribution in [1.82, 2.24) is 0 Å². The van der Waals surface area contributed by atoms with Gasteiger partial charge in [0, 0.05) is 0 Å². The van der Waals surface area contributed by atoms with Crippen molar-refractivity contribution < 1.29 is 0 Å². The molecule has 0 spiro atoms. The summed E-state index contributed by atoms with van der Waals surface area (Å²) in [6.07, 6.45) is 2.62. The van der Waals surface area contributed by atoms with E-state index >= 15 is 0 Å². The lowest BCUT2D eigenvalue weighted by atomic mass is 9.69. The van der Waals surface area contributed by atoms with E-state index in [1.165, 1.54) is 22.3 Å². The van der Waals surface area contributed by atoms with Crippen LogP contribution in [0.2, 0.25) is 0 Å². The van der Waals surface area contributed by atoms with E-state index in [9.17, 15) is 0 Å². The Labute approximate surface area is 138 Å². The molecule has 2 aromatic rings. The second kappa shape index (κ2) is 5.82. The number of nitrogens with one attached hydrogen (secondary N) is 1. The molecular formula is C20H25N3. The molecule has 3 nitrogen and oxygen atoms in total. The number of fused-ring (bicyclic) bond motifs is 2. The molecule has 0 radical (unpaired) electrons. The first-order valence-corrected chi connectivity index (χ1v) is 8.23. The molecule has 0 heterocycles. The number of nitrogens with two attached hydrogens (primary N) is 2. The van der Waals surface area contributed by atoms with Crippen LogP contribution in [0, 0.1) is 19.3 Å². The monoisotopic (exact) mass is 307 g/mol. The molecule has 1 aliphatic rings. The van der Waals surface area contributed by atoms with Gasteiger partial charge in [-0.2, -0.15) is 0 Å². The fourth-order valence-corrected chi connectivity index (χ4v) is 4.02. The summed E-state index contributed by atoms with van der Waals surface area (Å²) in [5.74, 6) is 0.194. The summed E-state index contributed by atoms with van der Waals surface area (Å²) in [6, 6.07) is 13.0. The fraction of sp³-hybridized carbons (Fsp3) is 0.350. The third kappa shape index (κ3) is 2.45. The molecule has 1 aliphatic carbocycles. The van der Waals surface area contributed by atoms with Gasteiger partial charge in [-0.1, -0.05) is 47.5 Å². The first-order chi connectivity index (χ1) is 11.0. The first kappa shape index (κ1) is 15.8. The Balaban J connectivity index is 2.36. The molecule has 0 atom stereocenters. The van der Waals surface area contributed by atoms with E-state index in [1.54, 1.807) is 0 Å². The summed E-state index contributed by atoms with van der Waals surface area (Å²) in [5.41, 5.74) is 18.9. The zero-order valence-electron chi connectivity index (χ0n) is 13.9. The maximum atomic E-state index is 8.43. The summed E-state index contributed by atoms with van der Waals surface area (Å²) in [7, 11) is 0. The zero-order chi connectivity index (χ0) is 16.6. The van der Waals surface area contributed by atoms with Crippen LogP contribution in [0.1, 0.15) is 39.8 Å².